The molecule has 0 aliphatic carbocycles. The Balaban J connectivity index is 1.46. The Morgan fingerprint density at radius 2 is 1.35 bits per heavy atom. The SMILES string of the molecule is CN(C)c1ccc(C(=O)Nc2ccc(C(=O)NCCNC(=O)c3ccco3)cc2)cc1. The molecule has 0 saturated carbocycles. The van der Waals surface area contributed by atoms with Crippen LogP contribution in [-0.4, -0.2) is 44.9 Å². The molecule has 31 heavy (non-hydrogen) atoms. The molecular weight excluding hydrogens is 396 g/mol. The summed E-state index contributed by atoms with van der Waals surface area (Å²) in [5.41, 5.74) is 2.59. The van der Waals surface area contributed by atoms with Crippen LogP contribution in [0.4, 0.5) is 11.4 Å². The van der Waals surface area contributed by atoms with E-state index in [1.54, 1.807) is 48.5 Å². The molecule has 0 radical (unpaired) electrons. The fraction of sp³-hybridized carbons (Fsp3) is 0.174. The molecule has 0 aliphatic heterocycles. The van der Waals surface area contributed by atoms with Crippen molar-refractivity contribution in [1.82, 2.24) is 10.6 Å². The zero-order valence-electron chi connectivity index (χ0n) is 17.3. The maximum atomic E-state index is 12.4. The van der Waals surface area contributed by atoms with E-state index >= 15 is 0 Å². The molecule has 3 amide bonds. The number of carbonyl (C=O) groups excluding carboxylic acids is 3. The second-order valence-electron chi connectivity index (χ2n) is 6.96. The van der Waals surface area contributed by atoms with Gasteiger partial charge in [-0.2, -0.15) is 0 Å². The number of furan rings is 1. The van der Waals surface area contributed by atoms with E-state index in [-0.39, 0.29) is 36.6 Å². The topological polar surface area (TPSA) is 104 Å². The number of benzene rings is 2. The lowest BCUT2D eigenvalue weighted by molar-refractivity contribution is 0.0910. The molecule has 0 aliphatic rings. The van der Waals surface area contributed by atoms with E-state index in [1.807, 2.05) is 31.1 Å². The summed E-state index contributed by atoms with van der Waals surface area (Å²) in [6, 6.07) is 17.0. The van der Waals surface area contributed by atoms with Gasteiger partial charge < -0.3 is 25.3 Å². The number of amides is 3. The van der Waals surface area contributed by atoms with E-state index in [2.05, 4.69) is 16.0 Å². The van der Waals surface area contributed by atoms with E-state index in [0.717, 1.165) is 5.69 Å². The maximum Gasteiger partial charge on any atom is 0.287 e. The molecule has 8 nitrogen and oxygen atoms in total. The normalized spacial score (nSPS) is 10.3. The maximum absolute atomic E-state index is 12.4. The van der Waals surface area contributed by atoms with E-state index in [9.17, 15) is 14.4 Å². The summed E-state index contributed by atoms with van der Waals surface area (Å²) in [7, 11) is 3.87. The highest BCUT2D eigenvalue weighted by Gasteiger charge is 2.10. The molecule has 160 valence electrons. The standard InChI is InChI=1S/C23H24N4O4/c1-27(2)19-11-7-17(8-12-19)22(29)26-18-9-5-16(6-10-18)21(28)24-13-14-25-23(30)20-4-3-15-31-20/h3-12,15H,13-14H2,1-2H3,(H,24,28)(H,25,30)(H,26,29). The van der Waals surface area contributed by atoms with Crippen LogP contribution >= 0.6 is 0 Å². The van der Waals surface area contributed by atoms with Gasteiger partial charge in [-0.25, -0.2) is 0 Å². The molecule has 0 unspecified atom stereocenters. The van der Waals surface area contributed by atoms with Gasteiger partial charge in [0.25, 0.3) is 17.7 Å². The van der Waals surface area contributed by atoms with Crippen LogP contribution < -0.4 is 20.9 Å². The van der Waals surface area contributed by atoms with Crippen LogP contribution in [0.1, 0.15) is 31.3 Å². The largest absolute Gasteiger partial charge is 0.459 e. The Labute approximate surface area is 180 Å². The highest BCUT2D eigenvalue weighted by atomic mass is 16.3. The van der Waals surface area contributed by atoms with Crippen molar-refractivity contribution in [2.24, 2.45) is 0 Å². The quantitative estimate of drug-likeness (QED) is 0.486. The number of rotatable bonds is 8. The van der Waals surface area contributed by atoms with Crippen LogP contribution in [0, 0.1) is 0 Å². The number of anilines is 2. The van der Waals surface area contributed by atoms with Gasteiger partial charge in [0, 0.05) is 49.7 Å². The highest BCUT2D eigenvalue weighted by Crippen LogP contribution is 2.15. The lowest BCUT2D eigenvalue weighted by Gasteiger charge is -2.12. The molecule has 1 aromatic heterocycles. The molecule has 8 heteroatoms. The van der Waals surface area contributed by atoms with Crippen LogP contribution in [0.2, 0.25) is 0 Å². The number of carbonyl (C=O) groups is 3. The third kappa shape index (κ3) is 5.96. The highest BCUT2D eigenvalue weighted by molar-refractivity contribution is 6.04. The Bertz CT molecular complexity index is 1030. The van der Waals surface area contributed by atoms with E-state index < -0.39 is 0 Å². The van der Waals surface area contributed by atoms with Crippen molar-refractivity contribution in [3.05, 3.63) is 83.8 Å². The molecular formula is C23H24N4O4. The van der Waals surface area contributed by atoms with Crippen molar-refractivity contribution in [2.75, 3.05) is 37.4 Å². The monoisotopic (exact) mass is 420 g/mol. The Kier molecular flexibility index (Phi) is 7.05. The van der Waals surface area contributed by atoms with E-state index in [4.69, 9.17) is 4.42 Å². The summed E-state index contributed by atoms with van der Waals surface area (Å²) in [4.78, 5) is 38.3. The van der Waals surface area contributed by atoms with Gasteiger partial charge in [-0.15, -0.1) is 0 Å². The van der Waals surface area contributed by atoms with Gasteiger partial charge in [0.05, 0.1) is 6.26 Å². The third-order valence-corrected chi connectivity index (χ3v) is 4.49. The molecule has 3 rings (SSSR count). The van der Waals surface area contributed by atoms with Crippen molar-refractivity contribution in [3.8, 4) is 0 Å². The summed E-state index contributed by atoms with van der Waals surface area (Å²) in [5.74, 6) is -0.618. The molecule has 0 atom stereocenters. The zero-order chi connectivity index (χ0) is 22.2. The Morgan fingerprint density at radius 1 is 0.774 bits per heavy atom. The number of hydrogen-bond donors (Lipinski definition) is 3. The summed E-state index contributed by atoms with van der Waals surface area (Å²) in [6.45, 7) is 0.540. The van der Waals surface area contributed by atoms with Crippen LogP contribution in [0.25, 0.3) is 0 Å². The Hall–Kier alpha value is -4.07. The smallest absolute Gasteiger partial charge is 0.287 e. The summed E-state index contributed by atoms with van der Waals surface area (Å²) >= 11 is 0. The second kappa shape index (κ2) is 10.1. The molecule has 2 aromatic carbocycles. The molecule has 0 bridgehead atoms. The summed E-state index contributed by atoms with van der Waals surface area (Å²) in [6.07, 6.45) is 1.42. The van der Waals surface area contributed by atoms with E-state index in [0.29, 0.717) is 16.8 Å². The first kappa shape index (κ1) is 21.6. The van der Waals surface area contributed by atoms with Gasteiger partial charge >= 0.3 is 0 Å². The first-order valence-corrected chi connectivity index (χ1v) is 9.73. The molecule has 3 aromatic rings. The van der Waals surface area contributed by atoms with Gasteiger partial charge in [-0.05, 0) is 60.7 Å². The fourth-order valence-corrected chi connectivity index (χ4v) is 2.77. The van der Waals surface area contributed by atoms with Gasteiger partial charge in [0.1, 0.15) is 0 Å². The fourth-order valence-electron chi connectivity index (χ4n) is 2.77. The molecule has 0 spiro atoms. The minimum Gasteiger partial charge on any atom is -0.459 e. The summed E-state index contributed by atoms with van der Waals surface area (Å²) < 4.78 is 4.99. The Morgan fingerprint density at radius 3 is 1.94 bits per heavy atom. The predicted molar refractivity (Wildman–Crippen MR) is 119 cm³/mol. The van der Waals surface area contributed by atoms with Gasteiger partial charge in [0.15, 0.2) is 5.76 Å². The van der Waals surface area contributed by atoms with Gasteiger partial charge in [0.2, 0.25) is 0 Å². The second-order valence-corrected chi connectivity index (χ2v) is 6.96. The molecule has 1 heterocycles. The van der Waals surface area contributed by atoms with Crippen LogP contribution in [-0.2, 0) is 0 Å². The van der Waals surface area contributed by atoms with Crippen molar-refractivity contribution >= 4 is 29.1 Å². The average Bonchev–Trinajstić information content (AvgIpc) is 3.32. The zero-order valence-corrected chi connectivity index (χ0v) is 17.3. The minimum absolute atomic E-state index is 0.220. The minimum atomic E-state index is -0.337. The van der Waals surface area contributed by atoms with Crippen molar-refractivity contribution < 1.29 is 18.8 Å². The number of hydrogen-bond acceptors (Lipinski definition) is 5. The third-order valence-electron chi connectivity index (χ3n) is 4.49. The molecule has 0 saturated heterocycles. The molecule has 0 fully saturated rings. The first-order valence-electron chi connectivity index (χ1n) is 9.73. The van der Waals surface area contributed by atoms with Crippen LogP contribution in [0.15, 0.2) is 71.3 Å². The van der Waals surface area contributed by atoms with Crippen molar-refractivity contribution in [2.45, 2.75) is 0 Å². The number of nitrogens with one attached hydrogen (secondary N) is 3. The number of nitrogens with zero attached hydrogens (tertiary/aromatic N) is 1. The van der Waals surface area contributed by atoms with Crippen molar-refractivity contribution in [3.63, 3.8) is 0 Å². The first-order chi connectivity index (χ1) is 14.9. The molecule has 3 N–H and O–H groups in total. The predicted octanol–water partition coefficient (Wildman–Crippen LogP) is 2.76. The summed E-state index contributed by atoms with van der Waals surface area (Å²) in [5, 5.41) is 8.19. The van der Waals surface area contributed by atoms with Gasteiger partial charge in [-0.3, -0.25) is 14.4 Å². The lowest BCUT2D eigenvalue weighted by Crippen LogP contribution is -2.34. The van der Waals surface area contributed by atoms with Crippen LogP contribution in [0.3, 0.4) is 0 Å². The van der Waals surface area contributed by atoms with Gasteiger partial charge in [-0.1, -0.05) is 0 Å². The average molecular weight is 420 g/mol. The van der Waals surface area contributed by atoms with E-state index in [1.165, 1.54) is 6.26 Å². The lowest BCUT2D eigenvalue weighted by atomic mass is 10.1. The van der Waals surface area contributed by atoms with Crippen LogP contribution in [0.5, 0.6) is 0 Å². The van der Waals surface area contributed by atoms with Crippen molar-refractivity contribution in [1.29, 1.82) is 0 Å².